The van der Waals surface area contributed by atoms with E-state index >= 15 is 0 Å². The monoisotopic (exact) mass is 227 g/mol. The van der Waals surface area contributed by atoms with Gasteiger partial charge in [-0.15, -0.1) is 0 Å². The zero-order valence-electron chi connectivity index (χ0n) is 9.61. The smallest absolute Gasteiger partial charge is 0.127 e. The second kappa shape index (κ2) is 5.82. The molecule has 0 aliphatic carbocycles. The van der Waals surface area contributed by atoms with Crippen molar-refractivity contribution in [2.24, 2.45) is 5.73 Å². The first-order valence-corrected chi connectivity index (χ1v) is 5.40. The molecule has 0 amide bonds. The second-order valence-electron chi connectivity index (χ2n) is 3.84. The maximum absolute atomic E-state index is 13.0. The molecule has 0 aromatic heterocycles. The van der Waals surface area contributed by atoms with Gasteiger partial charge < -0.3 is 15.6 Å². The molecule has 0 saturated carbocycles. The van der Waals surface area contributed by atoms with Gasteiger partial charge in [-0.25, -0.2) is 4.39 Å². The lowest BCUT2D eigenvalue weighted by atomic mass is 10.1. The minimum Gasteiger partial charge on any atom is -0.490 e. The van der Waals surface area contributed by atoms with E-state index in [1.165, 1.54) is 12.1 Å². The third kappa shape index (κ3) is 3.47. The maximum Gasteiger partial charge on any atom is 0.127 e. The quantitative estimate of drug-likeness (QED) is 0.808. The summed E-state index contributed by atoms with van der Waals surface area (Å²) in [5.41, 5.74) is 6.48. The summed E-state index contributed by atoms with van der Waals surface area (Å²) in [6, 6.07) is 4.02. The Balaban J connectivity index is 2.80. The number of halogens is 1. The average molecular weight is 227 g/mol. The molecule has 16 heavy (non-hydrogen) atoms. The molecule has 3 nitrogen and oxygen atoms in total. The van der Waals surface area contributed by atoms with Crippen molar-refractivity contribution in [2.75, 3.05) is 6.61 Å². The highest BCUT2D eigenvalue weighted by molar-refractivity contribution is 5.36. The molecule has 4 heteroatoms. The molecule has 0 bridgehead atoms. The van der Waals surface area contributed by atoms with Crippen molar-refractivity contribution in [3.8, 4) is 5.75 Å². The van der Waals surface area contributed by atoms with Crippen LogP contribution in [0.1, 0.15) is 31.9 Å². The zero-order valence-corrected chi connectivity index (χ0v) is 9.61. The number of ether oxygens (including phenoxy) is 1. The van der Waals surface area contributed by atoms with Crippen molar-refractivity contribution in [3.05, 3.63) is 29.6 Å². The van der Waals surface area contributed by atoms with Crippen LogP contribution in [0.25, 0.3) is 0 Å². The largest absolute Gasteiger partial charge is 0.490 e. The second-order valence-corrected chi connectivity index (χ2v) is 3.84. The van der Waals surface area contributed by atoms with E-state index in [-0.39, 0.29) is 18.5 Å². The molecule has 2 atom stereocenters. The lowest BCUT2D eigenvalue weighted by Crippen LogP contribution is -2.17. The Bertz CT molecular complexity index is 342. The van der Waals surface area contributed by atoms with Crippen LogP contribution >= 0.6 is 0 Å². The van der Waals surface area contributed by atoms with E-state index in [1.807, 2.05) is 6.92 Å². The van der Waals surface area contributed by atoms with E-state index in [9.17, 15) is 9.50 Å². The predicted octanol–water partition coefficient (Wildman–Crippen LogP) is 2.00. The molecule has 3 N–H and O–H groups in total. The number of hydrogen-bond donors (Lipinski definition) is 2. The van der Waals surface area contributed by atoms with Gasteiger partial charge in [-0.2, -0.15) is 0 Å². The SMILES string of the molecule is CCC(O)COc1cc(F)ccc1[C@H](C)N. The molecule has 90 valence electrons. The molecule has 1 aromatic carbocycles. The minimum absolute atomic E-state index is 0.152. The van der Waals surface area contributed by atoms with Crippen molar-refractivity contribution < 1.29 is 14.2 Å². The van der Waals surface area contributed by atoms with Crippen LogP contribution in [0.3, 0.4) is 0 Å². The summed E-state index contributed by atoms with van der Waals surface area (Å²) in [4.78, 5) is 0. The van der Waals surface area contributed by atoms with Gasteiger partial charge in [-0.3, -0.25) is 0 Å². The van der Waals surface area contributed by atoms with E-state index in [2.05, 4.69) is 0 Å². The van der Waals surface area contributed by atoms with Crippen molar-refractivity contribution in [3.63, 3.8) is 0 Å². The van der Waals surface area contributed by atoms with Crippen LogP contribution in [0.5, 0.6) is 5.75 Å². The molecule has 0 saturated heterocycles. The van der Waals surface area contributed by atoms with E-state index in [0.717, 1.165) is 5.56 Å². The normalized spacial score (nSPS) is 14.6. The Hall–Kier alpha value is -1.13. The molecule has 0 fully saturated rings. The van der Waals surface area contributed by atoms with E-state index < -0.39 is 6.10 Å². The van der Waals surface area contributed by atoms with Crippen LogP contribution in [0.4, 0.5) is 4.39 Å². The molecule has 1 unspecified atom stereocenters. The fourth-order valence-corrected chi connectivity index (χ4v) is 1.31. The van der Waals surface area contributed by atoms with E-state index in [0.29, 0.717) is 12.2 Å². The Morgan fingerprint density at radius 3 is 2.75 bits per heavy atom. The average Bonchev–Trinajstić information content (AvgIpc) is 2.25. The fraction of sp³-hybridized carbons (Fsp3) is 0.500. The molecular formula is C12H18FNO2. The number of nitrogens with two attached hydrogens (primary N) is 1. The summed E-state index contributed by atoms with van der Waals surface area (Å²) in [5, 5.41) is 9.37. The van der Waals surface area contributed by atoms with Crippen LogP contribution in [0, 0.1) is 5.82 Å². The summed E-state index contributed by atoms with van der Waals surface area (Å²) in [6.07, 6.45) is 0.0622. The first kappa shape index (κ1) is 12.9. The Kier molecular flexibility index (Phi) is 4.71. The minimum atomic E-state index is -0.538. The number of rotatable bonds is 5. The number of benzene rings is 1. The van der Waals surface area contributed by atoms with Crippen molar-refractivity contribution in [1.82, 2.24) is 0 Å². The summed E-state index contributed by atoms with van der Waals surface area (Å²) in [6.45, 7) is 3.81. The van der Waals surface area contributed by atoms with Gasteiger partial charge in [0.2, 0.25) is 0 Å². The third-order valence-corrected chi connectivity index (χ3v) is 2.37. The van der Waals surface area contributed by atoms with Crippen LogP contribution in [-0.2, 0) is 0 Å². The standard InChI is InChI=1S/C12H18FNO2/c1-3-10(15)7-16-12-6-9(13)4-5-11(12)8(2)14/h4-6,8,10,15H,3,7,14H2,1-2H3/t8-,10?/m0/s1. The molecule has 0 aliphatic heterocycles. The van der Waals surface area contributed by atoms with Gasteiger partial charge in [0.15, 0.2) is 0 Å². The highest BCUT2D eigenvalue weighted by Gasteiger charge is 2.10. The van der Waals surface area contributed by atoms with Crippen molar-refractivity contribution >= 4 is 0 Å². The molecule has 1 aromatic rings. The van der Waals surface area contributed by atoms with Crippen molar-refractivity contribution in [1.29, 1.82) is 0 Å². The number of aliphatic hydroxyl groups is 1. The van der Waals surface area contributed by atoms with Crippen LogP contribution in [-0.4, -0.2) is 17.8 Å². The van der Waals surface area contributed by atoms with Gasteiger partial charge in [-0.05, 0) is 19.4 Å². The summed E-state index contributed by atoms with van der Waals surface area (Å²) in [7, 11) is 0. The van der Waals surface area contributed by atoms with Gasteiger partial charge in [0, 0.05) is 17.7 Å². The third-order valence-electron chi connectivity index (χ3n) is 2.37. The van der Waals surface area contributed by atoms with Crippen LogP contribution < -0.4 is 10.5 Å². The number of hydrogen-bond acceptors (Lipinski definition) is 3. The maximum atomic E-state index is 13.0. The lowest BCUT2D eigenvalue weighted by Gasteiger charge is -2.15. The van der Waals surface area contributed by atoms with Crippen molar-refractivity contribution in [2.45, 2.75) is 32.4 Å². The van der Waals surface area contributed by atoms with Crippen LogP contribution in [0.15, 0.2) is 18.2 Å². The predicted molar refractivity (Wildman–Crippen MR) is 60.8 cm³/mol. The first-order chi connectivity index (χ1) is 7.54. The van der Waals surface area contributed by atoms with Gasteiger partial charge in [0.1, 0.15) is 18.2 Å². The van der Waals surface area contributed by atoms with Gasteiger partial charge in [-0.1, -0.05) is 13.0 Å². The lowest BCUT2D eigenvalue weighted by molar-refractivity contribution is 0.103. The molecule has 0 spiro atoms. The molecule has 1 rings (SSSR count). The Morgan fingerprint density at radius 1 is 1.50 bits per heavy atom. The van der Waals surface area contributed by atoms with Gasteiger partial charge >= 0.3 is 0 Å². The Morgan fingerprint density at radius 2 is 2.19 bits per heavy atom. The fourth-order valence-electron chi connectivity index (χ4n) is 1.31. The molecular weight excluding hydrogens is 209 g/mol. The van der Waals surface area contributed by atoms with Gasteiger partial charge in [0.05, 0.1) is 6.10 Å². The zero-order chi connectivity index (χ0) is 12.1. The Labute approximate surface area is 95.0 Å². The highest BCUT2D eigenvalue weighted by Crippen LogP contribution is 2.24. The highest BCUT2D eigenvalue weighted by atomic mass is 19.1. The molecule has 0 heterocycles. The van der Waals surface area contributed by atoms with E-state index in [4.69, 9.17) is 10.5 Å². The topological polar surface area (TPSA) is 55.5 Å². The molecule has 0 radical (unpaired) electrons. The van der Waals surface area contributed by atoms with Gasteiger partial charge in [0.25, 0.3) is 0 Å². The number of aliphatic hydroxyl groups excluding tert-OH is 1. The van der Waals surface area contributed by atoms with Crippen LogP contribution in [0.2, 0.25) is 0 Å². The first-order valence-electron chi connectivity index (χ1n) is 5.40. The summed E-state index contributed by atoms with van der Waals surface area (Å²) < 4.78 is 18.4. The summed E-state index contributed by atoms with van der Waals surface area (Å²) in [5.74, 6) is 0.0351. The summed E-state index contributed by atoms with van der Waals surface area (Å²) >= 11 is 0. The van der Waals surface area contributed by atoms with E-state index in [1.54, 1.807) is 13.0 Å². The molecule has 0 aliphatic rings.